The lowest BCUT2D eigenvalue weighted by Crippen LogP contribution is -2.20. The number of nitrogens with one attached hydrogen (secondary N) is 1. The minimum atomic E-state index is -0.751. The smallest absolute Gasteiger partial charge is 0.304 e. The van der Waals surface area contributed by atoms with E-state index in [1.807, 2.05) is 38.2 Å². The van der Waals surface area contributed by atoms with Crippen molar-refractivity contribution in [3.63, 3.8) is 0 Å². The molecule has 0 heterocycles. The van der Waals surface area contributed by atoms with Crippen LogP contribution >= 0.6 is 0 Å². The van der Waals surface area contributed by atoms with Crippen molar-refractivity contribution in [1.82, 2.24) is 5.32 Å². The molecule has 0 saturated carbocycles. The standard InChI is InChI=1S/C12H17NO2/c1-9-5-3-4-6-11(9)10(8-13-2)7-12(14)15/h3-6,10,13H,7-8H2,1-2H3,(H,14,15). The molecule has 1 atom stereocenters. The number of hydrogen-bond donors (Lipinski definition) is 2. The van der Waals surface area contributed by atoms with Crippen LogP contribution in [0.1, 0.15) is 23.5 Å². The van der Waals surface area contributed by atoms with Crippen LogP contribution in [-0.2, 0) is 4.79 Å². The maximum Gasteiger partial charge on any atom is 0.304 e. The number of carboxylic acid groups (broad SMARTS) is 1. The minimum absolute atomic E-state index is 0.0497. The molecule has 0 fully saturated rings. The fourth-order valence-electron chi connectivity index (χ4n) is 1.79. The Labute approximate surface area is 90.1 Å². The predicted octanol–water partition coefficient (Wildman–Crippen LogP) is 1.77. The van der Waals surface area contributed by atoms with E-state index in [-0.39, 0.29) is 12.3 Å². The van der Waals surface area contributed by atoms with Crippen molar-refractivity contribution in [1.29, 1.82) is 0 Å². The Hall–Kier alpha value is -1.35. The van der Waals surface area contributed by atoms with Gasteiger partial charge in [0.25, 0.3) is 0 Å². The van der Waals surface area contributed by atoms with E-state index in [4.69, 9.17) is 5.11 Å². The molecule has 1 aromatic carbocycles. The summed E-state index contributed by atoms with van der Waals surface area (Å²) in [7, 11) is 1.84. The van der Waals surface area contributed by atoms with E-state index < -0.39 is 5.97 Å². The van der Waals surface area contributed by atoms with Gasteiger partial charge in [0.2, 0.25) is 0 Å². The van der Waals surface area contributed by atoms with E-state index in [1.54, 1.807) is 0 Å². The molecule has 0 aliphatic carbocycles. The highest BCUT2D eigenvalue weighted by atomic mass is 16.4. The number of carbonyl (C=O) groups is 1. The van der Waals surface area contributed by atoms with Gasteiger partial charge in [-0.05, 0) is 25.1 Å². The zero-order chi connectivity index (χ0) is 11.3. The number of aryl methyl sites for hydroxylation is 1. The zero-order valence-electron chi connectivity index (χ0n) is 9.16. The van der Waals surface area contributed by atoms with Gasteiger partial charge in [-0.1, -0.05) is 24.3 Å². The summed E-state index contributed by atoms with van der Waals surface area (Å²) < 4.78 is 0. The van der Waals surface area contributed by atoms with Crippen LogP contribution in [0.15, 0.2) is 24.3 Å². The number of carboxylic acids is 1. The third-order valence-corrected chi connectivity index (χ3v) is 2.50. The molecule has 0 saturated heterocycles. The summed E-state index contributed by atoms with van der Waals surface area (Å²) in [6.07, 6.45) is 0.172. The van der Waals surface area contributed by atoms with Crippen LogP contribution in [0.4, 0.5) is 0 Å². The Morgan fingerprint density at radius 3 is 2.67 bits per heavy atom. The Morgan fingerprint density at radius 1 is 1.47 bits per heavy atom. The predicted molar refractivity (Wildman–Crippen MR) is 60.1 cm³/mol. The van der Waals surface area contributed by atoms with Gasteiger partial charge in [-0.25, -0.2) is 0 Å². The first-order valence-electron chi connectivity index (χ1n) is 5.07. The van der Waals surface area contributed by atoms with Gasteiger partial charge in [0.15, 0.2) is 0 Å². The van der Waals surface area contributed by atoms with Gasteiger partial charge in [0.05, 0.1) is 6.42 Å². The molecule has 82 valence electrons. The van der Waals surface area contributed by atoms with E-state index in [9.17, 15) is 4.79 Å². The van der Waals surface area contributed by atoms with Crippen molar-refractivity contribution in [2.75, 3.05) is 13.6 Å². The molecule has 3 heteroatoms. The van der Waals surface area contributed by atoms with Gasteiger partial charge in [0, 0.05) is 12.5 Å². The molecule has 1 unspecified atom stereocenters. The van der Waals surface area contributed by atoms with E-state index in [1.165, 1.54) is 0 Å². The second kappa shape index (κ2) is 5.51. The fourth-order valence-corrected chi connectivity index (χ4v) is 1.79. The van der Waals surface area contributed by atoms with Gasteiger partial charge >= 0.3 is 5.97 Å². The number of benzene rings is 1. The lowest BCUT2D eigenvalue weighted by molar-refractivity contribution is -0.137. The van der Waals surface area contributed by atoms with Crippen molar-refractivity contribution < 1.29 is 9.90 Å². The second-order valence-electron chi connectivity index (χ2n) is 3.71. The zero-order valence-corrected chi connectivity index (χ0v) is 9.16. The molecular weight excluding hydrogens is 190 g/mol. The summed E-state index contributed by atoms with van der Waals surface area (Å²) in [5.74, 6) is -0.702. The highest BCUT2D eigenvalue weighted by Gasteiger charge is 2.15. The number of aliphatic carboxylic acids is 1. The summed E-state index contributed by atoms with van der Waals surface area (Å²) in [4.78, 5) is 10.7. The Kier molecular flexibility index (Phi) is 4.31. The molecule has 0 aliphatic heterocycles. The summed E-state index contributed by atoms with van der Waals surface area (Å²) in [5.41, 5.74) is 2.27. The van der Waals surface area contributed by atoms with Crippen molar-refractivity contribution in [2.45, 2.75) is 19.3 Å². The topological polar surface area (TPSA) is 49.3 Å². The Bertz CT molecular complexity index is 336. The van der Waals surface area contributed by atoms with Crippen LogP contribution in [0.25, 0.3) is 0 Å². The maximum absolute atomic E-state index is 10.7. The van der Waals surface area contributed by atoms with E-state index in [0.717, 1.165) is 11.1 Å². The average molecular weight is 207 g/mol. The molecule has 0 aromatic heterocycles. The quantitative estimate of drug-likeness (QED) is 0.773. The number of likely N-dealkylation sites (N-methyl/N-ethyl adjacent to an activating group) is 1. The molecular formula is C12H17NO2. The molecule has 0 spiro atoms. The maximum atomic E-state index is 10.7. The monoisotopic (exact) mass is 207 g/mol. The van der Waals surface area contributed by atoms with Crippen molar-refractivity contribution >= 4 is 5.97 Å². The highest BCUT2D eigenvalue weighted by molar-refractivity contribution is 5.68. The Morgan fingerprint density at radius 2 is 2.13 bits per heavy atom. The molecule has 0 radical (unpaired) electrons. The van der Waals surface area contributed by atoms with Gasteiger partial charge < -0.3 is 10.4 Å². The SMILES string of the molecule is CNCC(CC(=O)O)c1ccccc1C. The summed E-state index contributed by atoms with van der Waals surface area (Å²) in [6, 6.07) is 7.93. The molecule has 0 aliphatic rings. The molecule has 1 rings (SSSR count). The molecule has 2 N–H and O–H groups in total. The third kappa shape index (κ3) is 3.36. The molecule has 0 bridgehead atoms. The van der Waals surface area contributed by atoms with E-state index in [0.29, 0.717) is 6.54 Å². The second-order valence-corrected chi connectivity index (χ2v) is 3.71. The summed E-state index contributed by atoms with van der Waals surface area (Å²) >= 11 is 0. The summed E-state index contributed by atoms with van der Waals surface area (Å²) in [6.45, 7) is 2.71. The minimum Gasteiger partial charge on any atom is -0.481 e. The first kappa shape index (κ1) is 11.7. The van der Waals surface area contributed by atoms with Crippen molar-refractivity contribution in [3.05, 3.63) is 35.4 Å². The number of rotatable bonds is 5. The number of hydrogen-bond acceptors (Lipinski definition) is 2. The normalized spacial score (nSPS) is 12.4. The highest BCUT2D eigenvalue weighted by Crippen LogP contribution is 2.22. The van der Waals surface area contributed by atoms with Crippen LogP contribution < -0.4 is 5.32 Å². The van der Waals surface area contributed by atoms with Gasteiger partial charge in [-0.2, -0.15) is 0 Å². The Balaban J connectivity index is 2.88. The van der Waals surface area contributed by atoms with E-state index >= 15 is 0 Å². The van der Waals surface area contributed by atoms with Gasteiger partial charge in [0.1, 0.15) is 0 Å². The summed E-state index contributed by atoms with van der Waals surface area (Å²) in [5, 5.41) is 11.9. The van der Waals surface area contributed by atoms with Crippen LogP contribution in [-0.4, -0.2) is 24.7 Å². The van der Waals surface area contributed by atoms with Crippen molar-refractivity contribution in [2.24, 2.45) is 0 Å². The van der Waals surface area contributed by atoms with Crippen LogP contribution in [0, 0.1) is 6.92 Å². The average Bonchev–Trinajstić information content (AvgIpc) is 2.17. The largest absolute Gasteiger partial charge is 0.481 e. The third-order valence-electron chi connectivity index (χ3n) is 2.50. The first-order valence-corrected chi connectivity index (χ1v) is 5.07. The molecule has 15 heavy (non-hydrogen) atoms. The van der Waals surface area contributed by atoms with Crippen LogP contribution in [0.2, 0.25) is 0 Å². The lowest BCUT2D eigenvalue weighted by atomic mass is 9.92. The van der Waals surface area contributed by atoms with Crippen LogP contribution in [0.5, 0.6) is 0 Å². The molecule has 3 nitrogen and oxygen atoms in total. The van der Waals surface area contributed by atoms with Crippen molar-refractivity contribution in [3.8, 4) is 0 Å². The lowest BCUT2D eigenvalue weighted by Gasteiger charge is -2.16. The fraction of sp³-hybridized carbons (Fsp3) is 0.417. The molecule has 0 amide bonds. The van der Waals surface area contributed by atoms with Gasteiger partial charge in [-0.3, -0.25) is 4.79 Å². The van der Waals surface area contributed by atoms with Crippen LogP contribution in [0.3, 0.4) is 0 Å². The van der Waals surface area contributed by atoms with Gasteiger partial charge in [-0.15, -0.1) is 0 Å². The van der Waals surface area contributed by atoms with E-state index in [2.05, 4.69) is 5.32 Å². The molecule has 1 aromatic rings. The first-order chi connectivity index (χ1) is 7.15.